The van der Waals surface area contributed by atoms with Crippen molar-refractivity contribution in [3.8, 4) is 5.75 Å². The van der Waals surface area contributed by atoms with Gasteiger partial charge in [0, 0.05) is 12.6 Å². The second-order valence-corrected chi connectivity index (χ2v) is 4.60. The Morgan fingerprint density at radius 2 is 2.00 bits per heavy atom. The number of hydrogen-bond donors (Lipinski definition) is 2. The van der Waals surface area contributed by atoms with E-state index >= 15 is 0 Å². The van der Waals surface area contributed by atoms with E-state index in [4.69, 9.17) is 10.5 Å². The van der Waals surface area contributed by atoms with Crippen molar-refractivity contribution in [2.75, 3.05) is 20.2 Å². The molecular formula is C14H24N2O. The van der Waals surface area contributed by atoms with Crippen molar-refractivity contribution in [3.05, 3.63) is 29.8 Å². The van der Waals surface area contributed by atoms with Crippen LogP contribution in [0.2, 0.25) is 0 Å². The molecular weight excluding hydrogens is 212 g/mol. The highest BCUT2D eigenvalue weighted by Crippen LogP contribution is 2.17. The Hall–Kier alpha value is -1.06. The molecule has 1 aromatic rings. The quantitative estimate of drug-likeness (QED) is 0.759. The summed E-state index contributed by atoms with van der Waals surface area (Å²) >= 11 is 0. The maximum absolute atomic E-state index is 5.72. The van der Waals surface area contributed by atoms with E-state index in [2.05, 4.69) is 25.2 Å². The topological polar surface area (TPSA) is 47.3 Å². The van der Waals surface area contributed by atoms with Crippen LogP contribution >= 0.6 is 0 Å². The van der Waals surface area contributed by atoms with Crippen molar-refractivity contribution in [2.45, 2.75) is 26.3 Å². The van der Waals surface area contributed by atoms with Gasteiger partial charge in [-0.25, -0.2) is 0 Å². The van der Waals surface area contributed by atoms with Gasteiger partial charge in [0.25, 0.3) is 0 Å². The first-order valence-electron chi connectivity index (χ1n) is 6.24. The van der Waals surface area contributed by atoms with Crippen LogP contribution < -0.4 is 15.8 Å². The van der Waals surface area contributed by atoms with Crippen molar-refractivity contribution in [1.82, 2.24) is 5.32 Å². The molecule has 0 aliphatic heterocycles. The summed E-state index contributed by atoms with van der Waals surface area (Å²) in [5.74, 6) is 1.53. The summed E-state index contributed by atoms with van der Waals surface area (Å²) in [6.45, 7) is 5.99. The van der Waals surface area contributed by atoms with E-state index in [9.17, 15) is 0 Å². The van der Waals surface area contributed by atoms with Gasteiger partial charge < -0.3 is 15.8 Å². The van der Waals surface area contributed by atoms with E-state index < -0.39 is 0 Å². The molecule has 96 valence electrons. The summed E-state index contributed by atoms with van der Waals surface area (Å²) in [7, 11) is 1.71. The van der Waals surface area contributed by atoms with Crippen LogP contribution in [0.5, 0.6) is 5.75 Å². The highest BCUT2D eigenvalue weighted by Gasteiger charge is 2.10. The molecule has 3 heteroatoms. The van der Waals surface area contributed by atoms with E-state index in [1.807, 2.05) is 18.2 Å². The zero-order valence-corrected chi connectivity index (χ0v) is 11.1. The van der Waals surface area contributed by atoms with E-state index in [0.717, 1.165) is 18.7 Å². The van der Waals surface area contributed by atoms with Gasteiger partial charge in [0.1, 0.15) is 5.75 Å². The number of benzene rings is 1. The maximum atomic E-state index is 5.72. The first-order chi connectivity index (χ1) is 8.19. The van der Waals surface area contributed by atoms with E-state index in [-0.39, 0.29) is 0 Å². The lowest BCUT2D eigenvalue weighted by atomic mass is 10.0. The predicted octanol–water partition coefficient (Wildman–Crippen LogP) is 1.81. The minimum Gasteiger partial charge on any atom is -0.496 e. The minimum absolute atomic E-state index is 0.393. The van der Waals surface area contributed by atoms with E-state index in [1.54, 1.807) is 7.11 Å². The van der Waals surface area contributed by atoms with Crippen LogP contribution in [0.25, 0.3) is 0 Å². The third-order valence-corrected chi connectivity index (χ3v) is 3.05. The van der Waals surface area contributed by atoms with Crippen LogP contribution in [-0.2, 0) is 6.42 Å². The lowest BCUT2D eigenvalue weighted by Gasteiger charge is -2.20. The number of methoxy groups -OCH3 is 1. The minimum atomic E-state index is 0.393. The third-order valence-electron chi connectivity index (χ3n) is 3.05. The molecule has 1 rings (SSSR count). The zero-order valence-electron chi connectivity index (χ0n) is 11.1. The monoisotopic (exact) mass is 236 g/mol. The van der Waals surface area contributed by atoms with Crippen molar-refractivity contribution >= 4 is 0 Å². The Kier molecular flexibility index (Phi) is 6.01. The van der Waals surface area contributed by atoms with Gasteiger partial charge in [0.2, 0.25) is 0 Å². The van der Waals surface area contributed by atoms with Crippen LogP contribution in [0.1, 0.15) is 19.4 Å². The Morgan fingerprint density at radius 1 is 1.29 bits per heavy atom. The molecule has 0 bridgehead atoms. The van der Waals surface area contributed by atoms with Gasteiger partial charge in [-0.05, 0) is 30.5 Å². The Bertz CT molecular complexity index is 326. The lowest BCUT2D eigenvalue weighted by Crippen LogP contribution is -2.41. The van der Waals surface area contributed by atoms with Crippen LogP contribution in [0.3, 0.4) is 0 Å². The highest BCUT2D eigenvalue weighted by molar-refractivity contribution is 5.33. The molecule has 17 heavy (non-hydrogen) atoms. The number of nitrogens with two attached hydrogens (primary N) is 1. The van der Waals surface area contributed by atoms with Crippen molar-refractivity contribution in [3.63, 3.8) is 0 Å². The molecule has 1 atom stereocenters. The van der Waals surface area contributed by atoms with Crippen molar-refractivity contribution in [2.24, 2.45) is 11.7 Å². The first kappa shape index (κ1) is 14.0. The average molecular weight is 236 g/mol. The second-order valence-electron chi connectivity index (χ2n) is 4.60. The van der Waals surface area contributed by atoms with Gasteiger partial charge in [-0.15, -0.1) is 0 Å². The molecule has 0 aliphatic rings. The molecule has 0 spiro atoms. The third kappa shape index (κ3) is 4.36. The molecule has 0 amide bonds. The molecule has 0 saturated heterocycles. The predicted molar refractivity (Wildman–Crippen MR) is 72.4 cm³/mol. The summed E-state index contributed by atoms with van der Waals surface area (Å²) in [6, 6.07) is 8.53. The number of nitrogens with one attached hydrogen (secondary N) is 1. The molecule has 3 nitrogen and oxygen atoms in total. The van der Waals surface area contributed by atoms with Gasteiger partial charge >= 0.3 is 0 Å². The summed E-state index contributed by atoms with van der Waals surface area (Å²) in [5, 5.41) is 3.49. The standard InChI is InChI=1S/C14H24N2O/c1-11(2)13(10-15)16-9-8-12-6-4-5-7-14(12)17-3/h4-7,11,13,16H,8-10,15H2,1-3H3. The molecule has 0 radical (unpaired) electrons. The second kappa shape index (κ2) is 7.30. The molecule has 0 aromatic heterocycles. The van der Waals surface area contributed by atoms with Gasteiger partial charge in [0.05, 0.1) is 7.11 Å². The molecule has 0 fully saturated rings. The zero-order chi connectivity index (χ0) is 12.7. The Balaban J connectivity index is 2.45. The number of ether oxygens (including phenoxy) is 1. The maximum Gasteiger partial charge on any atom is 0.122 e. The normalized spacial score (nSPS) is 12.8. The molecule has 0 aliphatic carbocycles. The number of rotatable bonds is 7. The fourth-order valence-electron chi connectivity index (χ4n) is 1.89. The highest BCUT2D eigenvalue weighted by atomic mass is 16.5. The largest absolute Gasteiger partial charge is 0.496 e. The summed E-state index contributed by atoms with van der Waals surface area (Å²) in [4.78, 5) is 0. The Labute approximate surface area is 104 Å². The van der Waals surface area contributed by atoms with Crippen LogP contribution in [0.4, 0.5) is 0 Å². The van der Waals surface area contributed by atoms with Gasteiger partial charge in [0.15, 0.2) is 0 Å². The molecule has 1 unspecified atom stereocenters. The lowest BCUT2D eigenvalue weighted by molar-refractivity contribution is 0.397. The smallest absolute Gasteiger partial charge is 0.122 e. The van der Waals surface area contributed by atoms with E-state index in [0.29, 0.717) is 18.5 Å². The molecule has 0 saturated carbocycles. The summed E-state index contributed by atoms with van der Waals surface area (Å²) in [6.07, 6.45) is 0.966. The van der Waals surface area contributed by atoms with Crippen LogP contribution in [0.15, 0.2) is 24.3 Å². The Morgan fingerprint density at radius 3 is 2.59 bits per heavy atom. The van der Waals surface area contributed by atoms with Gasteiger partial charge in [-0.3, -0.25) is 0 Å². The fraction of sp³-hybridized carbons (Fsp3) is 0.571. The average Bonchev–Trinajstić information content (AvgIpc) is 2.34. The van der Waals surface area contributed by atoms with Crippen LogP contribution in [0, 0.1) is 5.92 Å². The first-order valence-corrected chi connectivity index (χ1v) is 6.24. The fourth-order valence-corrected chi connectivity index (χ4v) is 1.89. The number of hydrogen-bond acceptors (Lipinski definition) is 3. The van der Waals surface area contributed by atoms with Gasteiger partial charge in [-0.1, -0.05) is 32.0 Å². The van der Waals surface area contributed by atoms with E-state index in [1.165, 1.54) is 5.56 Å². The van der Waals surface area contributed by atoms with Crippen molar-refractivity contribution < 1.29 is 4.74 Å². The van der Waals surface area contributed by atoms with Crippen molar-refractivity contribution in [1.29, 1.82) is 0 Å². The summed E-state index contributed by atoms with van der Waals surface area (Å²) in [5.41, 5.74) is 6.96. The molecule has 3 N–H and O–H groups in total. The number of para-hydroxylation sites is 1. The van der Waals surface area contributed by atoms with Gasteiger partial charge in [-0.2, -0.15) is 0 Å². The SMILES string of the molecule is COc1ccccc1CCNC(CN)C(C)C. The summed E-state index contributed by atoms with van der Waals surface area (Å²) < 4.78 is 5.32. The molecule has 1 aromatic carbocycles. The molecule has 0 heterocycles. The van der Waals surface area contributed by atoms with Crippen LogP contribution in [-0.4, -0.2) is 26.2 Å².